The minimum Gasteiger partial charge on any atom is -0.459 e. The number of furan rings is 1. The molecule has 0 unspecified atom stereocenters. The van der Waals surface area contributed by atoms with Crippen LogP contribution in [0.2, 0.25) is 0 Å². The Hall–Kier alpha value is -2.16. The minimum atomic E-state index is -0.494. The van der Waals surface area contributed by atoms with E-state index in [4.69, 9.17) is 9.15 Å². The molecule has 7 nitrogen and oxygen atoms in total. The van der Waals surface area contributed by atoms with E-state index in [0.717, 1.165) is 11.4 Å². The van der Waals surface area contributed by atoms with Gasteiger partial charge >= 0.3 is 0 Å². The van der Waals surface area contributed by atoms with E-state index in [9.17, 15) is 9.59 Å². The van der Waals surface area contributed by atoms with Crippen LogP contribution >= 0.6 is 11.3 Å². The van der Waals surface area contributed by atoms with Crippen LogP contribution < -0.4 is 5.32 Å². The molecular weight excluding hydrogens is 378 g/mol. The lowest BCUT2D eigenvalue weighted by Gasteiger charge is -2.48. The second-order valence-electron chi connectivity index (χ2n) is 7.55. The van der Waals surface area contributed by atoms with Gasteiger partial charge in [-0.05, 0) is 43.5 Å². The van der Waals surface area contributed by atoms with Gasteiger partial charge in [0.05, 0.1) is 18.4 Å². The third-order valence-corrected chi connectivity index (χ3v) is 6.31. The summed E-state index contributed by atoms with van der Waals surface area (Å²) in [5, 5.41) is 4.98. The van der Waals surface area contributed by atoms with Crippen molar-refractivity contribution in [2.24, 2.45) is 0 Å². The third kappa shape index (κ3) is 4.14. The molecule has 0 aromatic carbocycles. The first-order valence-electron chi connectivity index (χ1n) is 9.54. The average molecular weight is 404 g/mol. The summed E-state index contributed by atoms with van der Waals surface area (Å²) in [4.78, 5) is 30.2. The summed E-state index contributed by atoms with van der Waals surface area (Å²) >= 11 is 1.62. The van der Waals surface area contributed by atoms with Gasteiger partial charge in [0.15, 0.2) is 5.76 Å². The molecule has 0 bridgehead atoms. The predicted molar refractivity (Wildman–Crippen MR) is 105 cm³/mol. The second kappa shape index (κ2) is 8.06. The Balaban J connectivity index is 1.35. The molecule has 2 saturated heterocycles. The van der Waals surface area contributed by atoms with E-state index in [2.05, 4.69) is 10.2 Å². The van der Waals surface area contributed by atoms with E-state index in [0.29, 0.717) is 44.8 Å². The molecule has 4 rings (SSSR count). The van der Waals surface area contributed by atoms with Crippen molar-refractivity contribution in [2.45, 2.75) is 31.1 Å². The van der Waals surface area contributed by atoms with E-state index < -0.39 is 11.7 Å². The van der Waals surface area contributed by atoms with Crippen LogP contribution in [0.3, 0.4) is 0 Å². The van der Waals surface area contributed by atoms with Crippen molar-refractivity contribution >= 4 is 23.2 Å². The highest BCUT2D eigenvalue weighted by atomic mass is 32.1. The van der Waals surface area contributed by atoms with Gasteiger partial charge in [-0.2, -0.15) is 0 Å². The number of thiophene rings is 1. The fourth-order valence-corrected chi connectivity index (χ4v) is 4.65. The number of carbonyl (C=O) groups is 2. The molecule has 0 radical (unpaired) electrons. The third-order valence-electron chi connectivity index (χ3n) is 5.43. The number of likely N-dealkylation sites (N-methyl/N-ethyl adjacent to an activating group) is 1. The van der Waals surface area contributed by atoms with Crippen molar-refractivity contribution in [1.29, 1.82) is 0 Å². The molecule has 0 saturated carbocycles. The van der Waals surface area contributed by atoms with Crippen LogP contribution in [0.4, 0.5) is 0 Å². The molecule has 150 valence electrons. The molecule has 28 heavy (non-hydrogen) atoms. The molecule has 1 spiro atoms. The molecule has 4 heterocycles. The maximum atomic E-state index is 12.7. The maximum absolute atomic E-state index is 12.7. The number of hydrogen-bond donors (Lipinski definition) is 1. The Labute approximate surface area is 168 Å². The number of ether oxygens (including phenoxy) is 1. The molecule has 2 aliphatic heterocycles. The molecule has 1 N–H and O–H groups in total. The zero-order valence-corrected chi connectivity index (χ0v) is 16.7. The maximum Gasteiger partial charge on any atom is 0.289 e. The monoisotopic (exact) mass is 403 g/mol. The number of piperidine rings is 1. The number of rotatable bonds is 4. The summed E-state index contributed by atoms with van der Waals surface area (Å²) in [5.41, 5.74) is -0.391. The molecule has 2 amide bonds. The van der Waals surface area contributed by atoms with Crippen molar-refractivity contribution < 1.29 is 18.7 Å². The quantitative estimate of drug-likeness (QED) is 0.845. The lowest BCUT2D eigenvalue weighted by atomic mass is 9.88. The zero-order valence-electron chi connectivity index (χ0n) is 15.9. The SMILES string of the molecule is CN1C[C@@H](C(=O)NCc2cccs2)OC2(CCN(C(=O)c3ccco3)CC2)C1. The first kappa shape index (κ1) is 19.2. The number of morpholine rings is 1. The number of amides is 2. The Morgan fingerprint density at radius 2 is 2.11 bits per heavy atom. The Morgan fingerprint density at radius 1 is 1.29 bits per heavy atom. The van der Waals surface area contributed by atoms with Gasteiger partial charge in [-0.15, -0.1) is 11.3 Å². The van der Waals surface area contributed by atoms with Gasteiger partial charge in [0.1, 0.15) is 6.10 Å². The largest absolute Gasteiger partial charge is 0.459 e. The Kier molecular flexibility index (Phi) is 5.52. The molecule has 2 aromatic rings. The van der Waals surface area contributed by atoms with E-state index in [1.807, 2.05) is 24.6 Å². The van der Waals surface area contributed by atoms with Gasteiger partial charge in [-0.1, -0.05) is 6.07 Å². The topological polar surface area (TPSA) is 75.0 Å². The lowest BCUT2D eigenvalue weighted by Crippen LogP contribution is -2.61. The van der Waals surface area contributed by atoms with Gasteiger partial charge in [0, 0.05) is 31.1 Å². The standard InChI is InChI=1S/C20H25N3O4S/c1-22-13-17(18(24)21-12-15-4-3-11-28-15)27-20(14-22)6-8-23(9-7-20)19(25)16-5-2-10-26-16/h2-5,10-11,17H,6-9,12-14H2,1H3,(H,21,24)/t17-/m0/s1. The van der Waals surface area contributed by atoms with Crippen LogP contribution in [-0.4, -0.2) is 66.5 Å². The minimum absolute atomic E-state index is 0.0755. The van der Waals surface area contributed by atoms with Crippen molar-refractivity contribution in [3.05, 3.63) is 46.5 Å². The second-order valence-corrected chi connectivity index (χ2v) is 8.59. The van der Waals surface area contributed by atoms with E-state index >= 15 is 0 Å². The number of carbonyl (C=O) groups excluding carboxylic acids is 2. The highest BCUT2D eigenvalue weighted by Gasteiger charge is 2.44. The Bertz CT molecular complexity index is 798. The van der Waals surface area contributed by atoms with Gasteiger partial charge in [0.2, 0.25) is 0 Å². The summed E-state index contributed by atoms with van der Waals surface area (Å²) < 4.78 is 11.5. The summed E-state index contributed by atoms with van der Waals surface area (Å²) in [7, 11) is 2.02. The smallest absolute Gasteiger partial charge is 0.289 e. The van der Waals surface area contributed by atoms with Crippen LogP contribution in [0.1, 0.15) is 28.3 Å². The normalized spacial score (nSPS) is 22.3. The van der Waals surface area contributed by atoms with Gasteiger partial charge in [-0.3, -0.25) is 9.59 Å². The summed E-state index contributed by atoms with van der Waals surface area (Å²) in [6.07, 6.45) is 2.43. The molecule has 2 fully saturated rings. The highest BCUT2D eigenvalue weighted by Crippen LogP contribution is 2.32. The van der Waals surface area contributed by atoms with E-state index in [1.165, 1.54) is 6.26 Å². The number of hydrogen-bond acceptors (Lipinski definition) is 6. The van der Waals surface area contributed by atoms with E-state index in [1.54, 1.807) is 28.4 Å². The van der Waals surface area contributed by atoms with Gasteiger partial charge in [-0.25, -0.2) is 0 Å². The zero-order chi connectivity index (χ0) is 19.6. The summed E-state index contributed by atoms with van der Waals surface area (Å²) in [5.74, 6) is 0.200. The van der Waals surface area contributed by atoms with Crippen LogP contribution in [0.25, 0.3) is 0 Å². The molecule has 2 aromatic heterocycles. The van der Waals surface area contributed by atoms with Crippen molar-refractivity contribution in [3.63, 3.8) is 0 Å². The fourth-order valence-electron chi connectivity index (χ4n) is 4.00. The number of nitrogens with one attached hydrogen (secondary N) is 1. The Morgan fingerprint density at radius 3 is 2.79 bits per heavy atom. The van der Waals surface area contributed by atoms with Crippen LogP contribution in [0.5, 0.6) is 0 Å². The van der Waals surface area contributed by atoms with Gasteiger partial charge < -0.3 is 24.3 Å². The lowest BCUT2D eigenvalue weighted by molar-refractivity contribution is -0.180. The molecule has 8 heteroatoms. The summed E-state index contributed by atoms with van der Waals surface area (Å²) in [6, 6.07) is 7.39. The van der Waals surface area contributed by atoms with Crippen molar-refractivity contribution in [3.8, 4) is 0 Å². The summed E-state index contributed by atoms with van der Waals surface area (Å²) in [6.45, 7) is 3.06. The molecule has 0 aliphatic carbocycles. The van der Waals surface area contributed by atoms with Crippen molar-refractivity contribution in [1.82, 2.24) is 15.1 Å². The van der Waals surface area contributed by atoms with Crippen LogP contribution in [0, 0.1) is 0 Å². The fraction of sp³-hybridized carbons (Fsp3) is 0.500. The van der Waals surface area contributed by atoms with Gasteiger partial charge in [0.25, 0.3) is 11.8 Å². The van der Waals surface area contributed by atoms with Crippen molar-refractivity contribution in [2.75, 3.05) is 33.2 Å². The molecular formula is C20H25N3O4S. The van der Waals surface area contributed by atoms with E-state index in [-0.39, 0.29) is 11.8 Å². The van der Waals surface area contributed by atoms with Crippen LogP contribution in [-0.2, 0) is 16.1 Å². The first-order chi connectivity index (χ1) is 13.5. The predicted octanol–water partition coefficient (Wildman–Crippen LogP) is 1.96. The molecule has 2 aliphatic rings. The average Bonchev–Trinajstić information content (AvgIpc) is 3.39. The number of nitrogens with zero attached hydrogens (tertiary/aromatic N) is 2. The molecule has 1 atom stereocenters. The highest BCUT2D eigenvalue weighted by molar-refractivity contribution is 7.09. The first-order valence-corrected chi connectivity index (χ1v) is 10.4. The number of likely N-dealkylation sites (tertiary alicyclic amines) is 1. The van der Waals surface area contributed by atoms with Crippen LogP contribution in [0.15, 0.2) is 40.3 Å².